The average Bonchev–Trinajstić information content (AvgIpc) is 2.62. The molecular formula is C15H24N2O10S. The molecule has 1 unspecified atom stereocenters. The van der Waals surface area contributed by atoms with Crippen LogP contribution in [0.3, 0.4) is 0 Å². The van der Waals surface area contributed by atoms with Crippen molar-refractivity contribution in [2.24, 2.45) is 0 Å². The Kier molecular flexibility index (Phi) is 16.0. The molecule has 28 heavy (non-hydrogen) atoms. The fourth-order valence-electron chi connectivity index (χ4n) is 1.46. The Hall–Kier alpha value is -2.83. The van der Waals surface area contributed by atoms with Crippen LogP contribution in [-0.4, -0.2) is 76.5 Å². The SMILES string of the molecule is COC(=O)CCC(=O)O.O=C(O)CCCC(=O)NC(CS)C(=O)NCC(=O)O. The van der Waals surface area contributed by atoms with E-state index in [4.69, 9.17) is 15.3 Å². The summed E-state index contributed by atoms with van der Waals surface area (Å²) >= 11 is 3.88. The maximum Gasteiger partial charge on any atom is 0.322 e. The van der Waals surface area contributed by atoms with Crippen molar-refractivity contribution in [2.45, 2.75) is 38.1 Å². The number of methoxy groups -OCH3 is 1. The molecule has 1 atom stereocenters. The predicted octanol–water partition coefficient (Wildman–Crippen LogP) is -1.12. The molecule has 0 aromatic carbocycles. The van der Waals surface area contributed by atoms with Crippen molar-refractivity contribution < 1.29 is 48.8 Å². The first-order chi connectivity index (χ1) is 13.0. The molecule has 0 bridgehead atoms. The largest absolute Gasteiger partial charge is 0.481 e. The third-order valence-corrected chi connectivity index (χ3v) is 3.18. The van der Waals surface area contributed by atoms with Crippen LogP contribution in [-0.2, 0) is 33.5 Å². The number of carbonyl (C=O) groups excluding carboxylic acids is 3. The van der Waals surface area contributed by atoms with Gasteiger partial charge in [-0.1, -0.05) is 0 Å². The first-order valence-corrected chi connectivity index (χ1v) is 8.56. The quantitative estimate of drug-likeness (QED) is 0.165. The number of thiol groups is 1. The van der Waals surface area contributed by atoms with Crippen molar-refractivity contribution in [1.29, 1.82) is 0 Å². The minimum Gasteiger partial charge on any atom is -0.481 e. The van der Waals surface area contributed by atoms with Gasteiger partial charge in [0.2, 0.25) is 11.8 Å². The Bertz CT molecular complexity index is 567. The van der Waals surface area contributed by atoms with Crippen LogP contribution in [0.2, 0.25) is 0 Å². The molecule has 12 nitrogen and oxygen atoms in total. The van der Waals surface area contributed by atoms with Gasteiger partial charge in [-0.25, -0.2) is 0 Å². The van der Waals surface area contributed by atoms with Crippen LogP contribution in [0.25, 0.3) is 0 Å². The molecule has 0 aromatic rings. The molecule has 5 N–H and O–H groups in total. The fraction of sp³-hybridized carbons (Fsp3) is 0.600. The van der Waals surface area contributed by atoms with E-state index in [0.29, 0.717) is 0 Å². The number of esters is 1. The van der Waals surface area contributed by atoms with E-state index in [1.807, 2.05) is 0 Å². The summed E-state index contributed by atoms with van der Waals surface area (Å²) in [6.07, 6.45) is -0.206. The number of amides is 2. The summed E-state index contributed by atoms with van der Waals surface area (Å²) in [5, 5.41) is 29.3. The Morgan fingerprint density at radius 3 is 1.89 bits per heavy atom. The second-order valence-electron chi connectivity index (χ2n) is 5.13. The van der Waals surface area contributed by atoms with E-state index in [1.165, 1.54) is 7.11 Å². The summed E-state index contributed by atoms with van der Waals surface area (Å²) in [4.78, 5) is 63.4. The van der Waals surface area contributed by atoms with Gasteiger partial charge in [-0.05, 0) is 6.42 Å². The van der Waals surface area contributed by atoms with Crippen LogP contribution < -0.4 is 10.6 Å². The second-order valence-corrected chi connectivity index (χ2v) is 5.50. The molecule has 0 aliphatic heterocycles. The smallest absolute Gasteiger partial charge is 0.322 e. The van der Waals surface area contributed by atoms with Crippen molar-refractivity contribution in [2.75, 3.05) is 19.4 Å². The maximum atomic E-state index is 11.5. The normalized spacial score (nSPS) is 10.5. The highest BCUT2D eigenvalue weighted by atomic mass is 32.1. The van der Waals surface area contributed by atoms with E-state index in [-0.39, 0.29) is 37.9 Å². The summed E-state index contributed by atoms with van der Waals surface area (Å²) in [7, 11) is 1.23. The van der Waals surface area contributed by atoms with E-state index in [0.717, 1.165) is 0 Å². The Morgan fingerprint density at radius 1 is 0.893 bits per heavy atom. The monoisotopic (exact) mass is 424 g/mol. The van der Waals surface area contributed by atoms with Crippen molar-refractivity contribution in [3.63, 3.8) is 0 Å². The van der Waals surface area contributed by atoms with Crippen LogP contribution in [0.15, 0.2) is 0 Å². The zero-order valence-electron chi connectivity index (χ0n) is 15.2. The van der Waals surface area contributed by atoms with Crippen LogP contribution in [0, 0.1) is 0 Å². The van der Waals surface area contributed by atoms with Crippen molar-refractivity contribution >= 4 is 48.3 Å². The number of hydrogen-bond donors (Lipinski definition) is 6. The molecule has 0 saturated heterocycles. The van der Waals surface area contributed by atoms with Crippen LogP contribution in [0.5, 0.6) is 0 Å². The molecule has 160 valence electrons. The third-order valence-electron chi connectivity index (χ3n) is 2.81. The number of carboxylic acids is 3. The summed E-state index contributed by atoms with van der Waals surface area (Å²) in [5.41, 5.74) is 0. The first-order valence-electron chi connectivity index (χ1n) is 7.93. The highest BCUT2D eigenvalue weighted by Gasteiger charge is 2.19. The average molecular weight is 424 g/mol. The zero-order valence-corrected chi connectivity index (χ0v) is 16.1. The Morgan fingerprint density at radius 2 is 1.46 bits per heavy atom. The zero-order chi connectivity index (χ0) is 22.1. The van der Waals surface area contributed by atoms with Gasteiger partial charge in [-0.3, -0.25) is 28.8 Å². The lowest BCUT2D eigenvalue weighted by atomic mass is 10.2. The predicted molar refractivity (Wildman–Crippen MR) is 96.8 cm³/mol. The lowest BCUT2D eigenvalue weighted by Crippen LogP contribution is -2.48. The molecule has 13 heteroatoms. The molecule has 0 radical (unpaired) electrons. The number of ether oxygens (including phenoxy) is 1. The standard InChI is InChI=1S/C10H16N2O6S.C5H8O4/c13-7(2-1-3-8(14)15)12-6(5-19)10(18)11-4-9(16)17;1-9-5(8)3-2-4(6)7/h6,19H,1-5H2,(H,11,18)(H,12,13)(H,14,15)(H,16,17);2-3H2,1H3,(H,6,7). The minimum absolute atomic E-state index is 0.0100. The molecule has 0 saturated carbocycles. The number of nitrogens with one attached hydrogen (secondary N) is 2. The van der Waals surface area contributed by atoms with Crippen LogP contribution in [0.4, 0.5) is 0 Å². The number of carboxylic acid groups (broad SMARTS) is 3. The van der Waals surface area contributed by atoms with Crippen LogP contribution >= 0.6 is 12.6 Å². The van der Waals surface area contributed by atoms with Crippen molar-refractivity contribution in [1.82, 2.24) is 10.6 Å². The Labute approximate surface area is 166 Å². The third kappa shape index (κ3) is 18.0. The van der Waals surface area contributed by atoms with E-state index < -0.39 is 48.3 Å². The van der Waals surface area contributed by atoms with Gasteiger partial charge in [-0.2, -0.15) is 12.6 Å². The maximum absolute atomic E-state index is 11.5. The molecule has 0 aromatic heterocycles. The van der Waals surface area contributed by atoms with Crippen molar-refractivity contribution in [3.05, 3.63) is 0 Å². The van der Waals surface area contributed by atoms with E-state index in [1.54, 1.807) is 0 Å². The molecule has 0 spiro atoms. The summed E-state index contributed by atoms with van der Waals surface area (Å²) in [5.74, 6) is -4.79. The van der Waals surface area contributed by atoms with Gasteiger partial charge in [0, 0.05) is 18.6 Å². The first kappa shape index (κ1) is 27.4. The highest BCUT2D eigenvalue weighted by molar-refractivity contribution is 7.80. The van der Waals surface area contributed by atoms with E-state index in [2.05, 4.69) is 28.0 Å². The second kappa shape index (κ2) is 16.4. The van der Waals surface area contributed by atoms with Gasteiger partial charge in [0.15, 0.2) is 0 Å². The van der Waals surface area contributed by atoms with Gasteiger partial charge in [0.25, 0.3) is 0 Å². The number of rotatable bonds is 12. The van der Waals surface area contributed by atoms with Gasteiger partial charge in [0.1, 0.15) is 12.6 Å². The molecule has 0 fully saturated rings. The van der Waals surface area contributed by atoms with Gasteiger partial charge >= 0.3 is 23.9 Å². The Balaban J connectivity index is 0. The van der Waals surface area contributed by atoms with E-state index in [9.17, 15) is 28.8 Å². The number of carbonyl (C=O) groups is 6. The molecule has 0 aliphatic rings. The fourth-order valence-corrected chi connectivity index (χ4v) is 1.71. The molecular weight excluding hydrogens is 400 g/mol. The lowest BCUT2D eigenvalue weighted by Gasteiger charge is -2.15. The van der Waals surface area contributed by atoms with Crippen LogP contribution in [0.1, 0.15) is 32.1 Å². The molecule has 0 aliphatic carbocycles. The van der Waals surface area contributed by atoms with E-state index >= 15 is 0 Å². The molecule has 0 rings (SSSR count). The summed E-state index contributed by atoms with van der Waals surface area (Å²) < 4.78 is 4.20. The van der Waals surface area contributed by atoms with Gasteiger partial charge in [-0.15, -0.1) is 0 Å². The number of aliphatic carboxylic acids is 3. The molecule has 2 amide bonds. The molecule has 0 heterocycles. The summed E-state index contributed by atoms with van der Waals surface area (Å²) in [6, 6.07) is -0.944. The summed E-state index contributed by atoms with van der Waals surface area (Å²) in [6.45, 7) is -0.544. The topological polar surface area (TPSA) is 196 Å². The van der Waals surface area contributed by atoms with Crippen molar-refractivity contribution in [3.8, 4) is 0 Å². The number of hydrogen-bond acceptors (Lipinski definition) is 8. The lowest BCUT2D eigenvalue weighted by molar-refractivity contribution is -0.145. The van der Waals surface area contributed by atoms with Gasteiger partial charge < -0.3 is 30.7 Å². The highest BCUT2D eigenvalue weighted by Crippen LogP contribution is 1.97. The van der Waals surface area contributed by atoms with Gasteiger partial charge in [0.05, 0.1) is 20.0 Å². The minimum atomic E-state index is -1.20.